The first-order valence-electron chi connectivity index (χ1n) is 5.84. The molecule has 1 N–H and O–H groups in total. The van der Waals surface area contributed by atoms with Crippen LogP contribution in [-0.4, -0.2) is 24.8 Å². The van der Waals surface area contributed by atoms with Gasteiger partial charge in [-0.05, 0) is 38.5 Å². The Balaban J connectivity index is 2.60. The molecule has 0 fully saturated rings. The van der Waals surface area contributed by atoms with Gasteiger partial charge in [-0.15, -0.1) is 0 Å². The molecule has 4 heteroatoms. The summed E-state index contributed by atoms with van der Waals surface area (Å²) in [6.45, 7) is 5.26. The molecule has 0 amide bonds. The number of benzene rings is 1. The van der Waals surface area contributed by atoms with E-state index in [9.17, 15) is 9.90 Å². The lowest BCUT2D eigenvalue weighted by molar-refractivity contribution is -0.156. The Morgan fingerprint density at radius 1 is 1.39 bits per heavy atom. The highest BCUT2D eigenvalue weighted by Crippen LogP contribution is 2.21. The van der Waals surface area contributed by atoms with Crippen molar-refractivity contribution in [2.45, 2.75) is 26.9 Å². The van der Waals surface area contributed by atoms with Crippen LogP contribution in [0.25, 0.3) is 0 Å². The molecule has 4 nitrogen and oxygen atoms in total. The summed E-state index contributed by atoms with van der Waals surface area (Å²) in [6.07, 6.45) is -0.841. The van der Waals surface area contributed by atoms with Crippen molar-refractivity contribution in [1.29, 1.82) is 0 Å². The summed E-state index contributed by atoms with van der Waals surface area (Å²) in [6, 6.07) is 7.05. The molecular weight excluding hydrogens is 232 g/mol. The maximum Gasteiger partial charge on any atom is 0.311 e. The van der Waals surface area contributed by atoms with Crippen molar-refractivity contribution in [3.8, 4) is 5.75 Å². The highest BCUT2D eigenvalue weighted by atomic mass is 16.5. The largest absolute Gasteiger partial charge is 0.497 e. The molecule has 0 aliphatic carbocycles. The van der Waals surface area contributed by atoms with Crippen LogP contribution in [0.1, 0.15) is 32.4 Å². The topological polar surface area (TPSA) is 55.8 Å². The molecule has 0 bridgehead atoms. The molecule has 100 valence electrons. The maximum atomic E-state index is 11.6. The summed E-state index contributed by atoms with van der Waals surface area (Å²) in [4.78, 5) is 11.6. The van der Waals surface area contributed by atoms with Crippen LogP contribution in [0.4, 0.5) is 0 Å². The fraction of sp³-hybridized carbons (Fsp3) is 0.500. The van der Waals surface area contributed by atoms with E-state index in [1.807, 2.05) is 0 Å². The number of hydrogen-bond donors (Lipinski definition) is 1. The van der Waals surface area contributed by atoms with Gasteiger partial charge in [0.05, 0.1) is 12.5 Å². The second-order valence-corrected chi connectivity index (χ2v) is 5.14. The molecule has 1 aromatic rings. The van der Waals surface area contributed by atoms with Gasteiger partial charge in [0.15, 0.2) is 0 Å². The van der Waals surface area contributed by atoms with Crippen LogP contribution in [0.3, 0.4) is 0 Å². The van der Waals surface area contributed by atoms with Crippen molar-refractivity contribution < 1.29 is 19.4 Å². The third-order valence-electron chi connectivity index (χ3n) is 2.46. The van der Waals surface area contributed by atoms with Gasteiger partial charge in [-0.2, -0.15) is 0 Å². The van der Waals surface area contributed by atoms with Crippen LogP contribution in [0.5, 0.6) is 5.75 Å². The summed E-state index contributed by atoms with van der Waals surface area (Å²) in [5, 5.41) is 9.92. The first-order chi connectivity index (χ1) is 8.34. The molecule has 0 spiro atoms. The molecule has 0 radical (unpaired) electrons. The van der Waals surface area contributed by atoms with Crippen LogP contribution >= 0.6 is 0 Å². The maximum absolute atomic E-state index is 11.6. The van der Waals surface area contributed by atoms with Gasteiger partial charge in [-0.1, -0.05) is 12.1 Å². The van der Waals surface area contributed by atoms with Crippen LogP contribution in [0, 0.1) is 5.41 Å². The normalized spacial score (nSPS) is 12.9. The average molecular weight is 252 g/mol. The minimum atomic E-state index is -0.841. The molecule has 0 saturated carbocycles. The van der Waals surface area contributed by atoms with Crippen LogP contribution < -0.4 is 4.74 Å². The standard InChI is InChI=1S/C14H20O4/c1-14(2,3)13(16)18-9-12(15)10-6-5-7-11(8-10)17-4/h5-8,12,15H,9H2,1-4H3/t12-/m0/s1. The minimum Gasteiger partial charge on any atom is -0.497 e. The van der Waals surface area contributed by atoms with Crippen molar-refractivity contribution in [2.75, 3.05) is 13.7 Å². The number of hydrogen-bond acceptors (Lipinski definition) is 4. The van der Waals surface area contributed by atoms with Crippen molar-refractivity contribution in [3.05, 3.63) is 29.8 Å². The quantitative estimate of drug-likeness (QED) is 0.835. The van der Waals surface area contributed by atoms with E-state index in [4.69, 9.17) is 9.47 Å². The fourth-order valence-corrected chi connectivity index (χ4v) is 1.32. The Kier molecular flexibility index (Phi) is 4.73. The fourth-order valence-electron chi connectivity index (χ4n) is 1.32. The smallest absolute Gasteiger partial charge is 0.311 e. The molecule has 0 heterocycles. The lowest BCUT2D eigenvalue weighted by Gasteiger charge is -2.18. The second kappa shape index (κ2) is 5.87. The lowest BCUT2D eigenvalue weighted by atomic mass is 9.97. The van der Waals surface area contributed by atoms with E-state index in [2.05, 4.69) is 0 Å². The molecule has 1 atom stereocenters. The molecule has 0 unspecified atom stereocenters. The molecule has 18 heavy (non-hydrogen) atoms. The van der Waals surface area contributed by atoms with Crippen LogP contribution in [0.2, 0.25) is 0 Å². The lowest BCUT2D eigenvalue weighted by Crippen LogP contribution is -2.25. The van der Waals surface area contributed by atoms with E-state index in [0.29, 0.717) is 11.3 Å². The Labute approximate surface area is 108 Å². The molecular formula is C14H20O4. The molecule has 1 aromatic carbocycles. The van der Waals surface area contributed by atoms with Gasteiger partial charge >= 0.3 is 5.97 Å². The summed E-state index contributed by atoms with van der Waals surface area (Å²) >= 11 is 0. The number of esters is 1. The summed E-state index contributed by atoms with van der Waals surface area (Å²) in [7, 11) is 1.56. The molecule has 0 aliphatic rings. The number of ether oxygens (including phenoxy) is 2. The monoisotopic (exact) mass is 252 g/mol. The van der Waals surface area contributed by atoms with E-state index in [1.54, 1.807) is 52.1 Å². The number of aliphatic hydroxyl groups is 1. The van der Waals surface area contributed by atoms with Crippen LogP contribution in [0.15, 0.2) is 24.3 Å². The third kappa shape index (κ3) is 4.04. The average Bonchev–Trinajstić information content (AvgIpc) is 2.34. The van der Waals surface area contributed by atoms with Gasteiger partial charge in [0.2, 0.25) is 0 Å². The van der Waals surface area contributed by atoms with Gasteiger partial charge in [0.25, 0.3) is 0 Å². The Bertz CT molecular complexity index is 407. The number of carbonyl (C=O) groups is 1. The van der Waals surface area contributed by atoms with Gasteiger partial charge in [0.1, 0.15) is 18.5 Å². The Morgan fingerprint density at radius 3 is 2.61 bits per heavy atom. The van der Waals surface area contributed by atoms with Crippen molar-refractivity contribution >= 4 is 5.97 Å². The molecule has 0 saturated heterocycles. The molecule has 0 aliphatic heterocycles. The zero-order valence-electron chi connectivity index (χ0n) is 11.3. The summed E-state index contributed by atoms with van der Waals surface area (Å²) in [5.41, 5.74) is 0.102. The zero-order valence-corrected chi connectivity index (χ0v) is 11.3. The van der Waals surface area contributed by atoms with E-state index >= 15 is 0 Å². The van der Waals surface area contributed by atoms with Gasteiger partial charge in [-0.3, -0.25) is 4.79 Å². The third-order valence-corrected chi connectivity index (χ3v) is 2.46. The van der Waals surface area contributed by atoms with Gasteiger partial charge in [0, 0.05) is 0 Å². The highest BCUT2D eigenvalue weighted by Gasteiger charge is 2.24. The van der Waals surface area contributed by atoms with E-state index in [0.717, 1.165) is 0 Å². The van der Waals surface area contributed by atoms with Crippen LogP contribution in [-0.2, 0) is 9.53 Å². The number of methoxy groups -OCH3 is 1. The van der Waals surface area contributed by atoms with Gasteiger partial charge < -0.3 is 14.6 Å². The highest BCUT2D eigenvalue weighted by molar-refractivity contribution is 5.75. The van der Waals surface area contributed by atoms with E-state index in [-0.39, 0.29) is 12.6 Å². The number of aliphatic hydroxyl groups excluding tert-OH is 1. The minimum absolute atomic E-state index is 0.0523. The van der Waals surface area contributed by atoms with Gasteiger partial charge in [-0.25, -0.2) is 0 Å². The zero-order chi connectivity index (χ0) is 13.8. The predicted molar refractivity (Wildman–Crippen MR) is 68.4 cm³/mol. The molecule has 0 aromatic heterocycles. The summed E-state index contributed by atoms with van der Waals surface area (Å²) in [5.74, 6) is 0.332. The predicted octanol–water partition coefficient (Wildman–Crippen LogP) is 2.32. The molecule has 1 rings (SSSR count). The Hall–Kier alpha value is -1.55. The van der Waals surface area contributed by atoms with Crippen molar-refractivity contribution in [2.24, 2.45) is 5.41 Å². The first-order valence-corrected chi connectivity index (χ1v) is 5.84. The SMILES string of the molecule is COc1cccc([C@@H](O)COC(=O)C(C)(C)C)c1. The van der Waals surface area contributed by atoms with E-state index < -0.39 is 11.5 Å². The number of carbonyl (C=O) groups excluding carboxylic acids is 1. The Morgan fingerprint density at radius 2 is 2.06 bits per heavy atom. The van der Waals surface area contributed by atoms with Crippen molar-refractivity contribution in [3.63, 3.8) is 0 Å². The summed E-state index contributed by atoms with van der Waals surface area (Å²) < 4.78 is 10.1. The van der Waals surface area contributed by atoms with E-state index in [1.165, 1.54) is 0 Å². The number of rotatable bonds is 4. The second-order valence-electron chi connectivity index (χ2n) is 5.14. The van der Waals surface area contributed by atoms with Crippen molar-refractivity contribution in [1.82, 2.24) is 0 Å². The first kappa shape index (κ1) is 14.5.